The van der Waals surface area contributed by atoms with Gasteiger partial charge in [-0.3, -0.25) is 4.79 Å². The molecule has 0 aromatic heterocycles. The Morgan fingerprint density at radius 1 is 1.58 bits per heavy atom. The molecule has 6 heteroatoms. The summed E-state index contributed by atoms with van der Waals surface area (Å²) in [5.41, 5.74) is 0. The fraction of sp³-hybridized carbons (Fsp3) is 0.462. The molecule has 1 aromatic rings. The minimum Gasteiger partial charge on any atom is -0.481 e. The molecule has 19 heavy (non-hydrogen) atoms. The van der Waals surface area contributed by atoms with Crippen LogP contribution in [0.4, 0.5) is 4.39 Å². The first-order valence-corrected chi connectivity index (χ1v) is 6.84. The quantitative estimate of drug-likeness (QED) is 0.804. The van der Waals surface area contributed by atoms with Gasteiger partial charge in [-0.2, -0.15) is 0 Å². The first-order valence-electron chi connectivity index (χ1n) is 6.05. The average molecular weight is 334 g/mol. The molecule has 0 saturated heterocycles. The second kappa shape index (κ2) is 8.12. The number of aliphatic hydroxyl groups excluding tert-OH is 1. The van der Waals surface area contributed by atoms with Gasteiger partial charge in [0.1, 0.15) is 0 Å². The van der Waals surface area contributed by atoms with E-state index in [1.807, 2.05) is 6.92 Å². The van der Waals surface area contributed by atoms with Gasteiger partial charge in [0.25, 0.3) is 5.91 Å². The van der Waals surface area contributed by atoms with Gasteiger partial charge < -0.3 is 15.2 Å². The Balaban J connectivity index is 2.30. The molecule has 0 aliphatic rings. The zero-order valence-corrected chi connectivity index (χ0v) is 12.2. The minimum atomic E-state index is -0.524. The van der Waals surface area contributed by atoms with Crippen molar-refractivity contribution < 1.29 is 19.0 Å². The van der Waals surface area contributed by atoms with E-state index in [9.17, 15) is 14.3 Å². The highest BCUT2D eigenvalue weighted by Gasteiger charge is 2.08. The minimum absolute atomic E-state index is 0.0342. The van der Waals surface area contributed by atoms with Gasteiger partial charge in [0.2, 0.25) is 0 Å². The SMILES string of the molecule is CCC(O)CCNC(=O)COc1ccc(Br)cc1F. The van der Waals surface area contributed by atoms with Crippen LogP contribution in [0.3, 0.4) is 0 Å². The predicted molar refractivity (Wildman–Crippen MR) is 73.5 cm³/mol. The van der Waals surface area contributed by atoms with Crippen molar-refractivity contribution in [1.29, 1.82) is 0 Å². The molecule has 4 nitrogen and oxygen atoms in total. The van der Waals surface area contributed by atoms with Crippen LogP contribution in [0, 0.1) is 5.82 Å². The molecular formula is C13H17BrFNO3. The van der Waals surface area contributed by atoms with E-state index in [0.29, 0.717) is 23.9 Å². The van der Waals surface area contributed by atoms with Crippen molar-refractivity contribution in [2.75, 3.05) is 13.2 Å². The van der Waals surface area contributed by atoms with Gasteiger partial charge in [-0.05, 0) is 31.0 Å². The van der Waals surface area contributed by atoms with E-state index in [1.54, 1.807) is 6.07 Å². The third-order valence-corrected chi connectivity index (χ3v) is 3.02. The van der Waals surface area contributed by atoms with Crippen molar-refractivity contribution in [3.8, 4) is 5.75 Å². The number of hydrogen-bond acceptors (Lipinski definition) is 3. The van der Waals surface area contributed by atoms with E-state index in [1.165, 1.54) is 12.1 Å². The van der Waals surface area contributed by atoms with Gasteiger partial charge in [0, 0.05) is 11.0 Å². The number of aliphatic hydroxyl groups is 1. The molecule has 0 saturated carbocycles. The fourth-order valence-electron chi connectivity index (χ4n) is 1.37. The fourth-order valence-corrected chi connectivity index (χ4v) is 1.70. The Morgan fingerprint density at radius 3 is 2.95 bits per heavy atom. The van der Waals surface area contributed by atoms with E-state index < -0.39 is 11.9 Å². The van der Waals surface area contributed by atoms with E-state index >= 15 is 0 Å². The van der Waals surface area contributed by atoms with Crippen LogP contribution in [0.5, 0.6) is 5.75 Å². The lowest BCUT2D eigenvalue weighted by Gasteiger charge is -2.10. The van der Waals surface area contributed by atoms with Crippen molar-refractivity contribution in [3.63, 3.8) is 0 Å². The predicted octanol–water partition coefficient (Wildman–Crippen LogP) is 2.24. The maximum Gasteiger partial charge on any atom is 0.257 e. The lowest BCUT2D eigenvalue weighted by Crippen LogP contribution is -2.31. The van der Waals surface area contributed by atoms with Gasteiger partial charge in [-0.25, -0.2) is 4.39 Å². The third-order valence-electron chi connectivity index (χ3n) is 2.52. The summed E-state index contributed by atoms with van der Waals surface area (Å²) in [4.78, 5) is 11.4. The molecule has 0 bridgehead atoms. The Kier molecular flexibility index (Phi) is 6.80. The van der Waals surface area contributed by atoms with Crippen molar-refractivity contribution >= 4 is 21.8 Å². The first kappa shape index (κ1) is 15.9. The summed E-state index contributed by atoms with van der Waals surface area (Å²) in [6.45, 7) is 1.99. The molecule has 1 aromatic carbocycles. The molecular weight excluding hydrogens is 317 g/mol. The smallest absolute Gasteiger partial charge is 0.257 e. The summed E-state index contributed by atoms with van der Waals surface area (Å²) >= 11 is 3.13. The molecule has 1 unspecified atom stereocenters. The number of amides is 1. The molecule has 1 atom stereocenters. The first-order chi connectivity index (χ1) is 9.02. The van der Waals surface area contributed by atoms with Crippen LogP contribution in [-0.4, -0.2) is 30.3 Å². The molecule has 1 rings (SSSR count). The number of carbonyl (C=O) groups is 1. The zero-order valence-electron chi connectivity index (χ0n) is 10.7. The largest absolute Gasteiger partial charge is 0.481 e. The molecule has 1 amide bonds. The van der Waals surface area contributed by atoms with Crippen LogP contribution in [-0.2, 0) is 4.79 Å². The van der Waals surface area contributed by atoms with Crippen LogP contribution >= 0.6 is 15.9 Å². The topological polar surface area (TPSA) is 58.6 Å². The van der Waals surface area contributed by atoms with Gasteiger partial charge >= 0.3 is 0 Å². The number of benzene rings is 1. The van der Waals surface area contributed by atoms with Crippen LogP contribution in [0.15, 0.2) is 22.7 Å². The zero-order chi connectivity index (χ0) is 14.3. The number of hydrogen-bond donors (Lipinski definition) is 2. The van der Waals surface area contributed by atoms with Gasteiger partial charge in [-0.15, -0.1) is 0 Å². The molecule has 0 aliphatic heterocycles. The highest BCUT2D eigenvalue weighted by atomic mass is 79.9. The Bertz CT molecular complexity index is 428. The average Bonchev–Trinajstić information content (AvgIpc) is 2.37. The molecule has 0 fully saturated rings. The van der Waals surface area contributed by atoms with Gasteiger partial charge in [-0.1, -0.05) is 22.9 Å². The second-order valence-corrected chi connectivity index (χ2v) is 4.98. The van der Waals surface area contributed by atoms with Crippen LogP contribution < -0.4 is 10.1 Å². The summed E-state index contributed by atoms with van der Waals surface area (Å²) in [7, 11) is 0. The van der Waals surface area contributed by atoms with E-state index in [4.69, 9.17) is 4.74 Å². The van der Waals surface area contributed by atoms with Crippen LogP contribution in [0.1, 0.15) is 19.8 Å². The molecule has 0 radical (unpaired) electrons. The highest BCUT2D eigenvalue weighted by Crippen LogP contribution is 2.21. The number of carbonyl (C=O) groups excluding carboxylic acids is 1. The number of rotatable bonds is 7. The second-order valence-electron chi connectivity index (χ2n) is 4.06. The number of ether oxygens (including phenoxy) is 1. The Labute approximate surface area is 120 Å². The number of halogens is 2. The Hall–Kier alpha value is -1.14. The standard InChI is InChI=1S/C13H17BrFNO3/c1-2-10(17)5-6-16-13(18)8-19-12-4-3-9(14)7-11(12)15/h3-4,7,10,17H,2,5-6,8H2,1H3,(H,16,18). The van der Waals surface area contributed by atoms with Crippen molar-refractivity contribution in [2.45, 2.75) is 25.9 Å². The lowest BCUT2D eigenvalue weighted by atomic mass is 10.2. The van der Waals surface area contributed by atoms with Crippen LogP contribution in [0.25, 0.3) is 0 Å². The number of nitrogens with one attached hydrogen (secondary N) is 1. The maximum atomic E-state index is 13.4. The molecule has 0 spiro atoms. The molecule has 2 N–H and O–H groups in total. The van der Waals surface area contributed by atoms with Gasteiger partial charge in [0.15, 0.2) is 18.2 Å². The van der Waals surface area contributed by atoms with Gasteiger partial charge in [0.05, 0.1) is 6.10 Å². The normalized spacial score (nSPS) is 12.0. The highest BCUT2D eigenvalue weighted by molar-refractivity contribution is 9.10. The Morgan fingerprint density at radius 2 is 2.32 bits per heavy atom. The molecule has 0 heterocycles. The van der Waals surface area contributed by atoms with Crippen molar-refractivity contribution in [1.82, 2.24) is 5.32 Å². The molecule has 0 aliphatic carbocycles. The lowest BCUT2D eigenvalue weighted by molar-refractivity contribution is -0.123. The van der Waals surface area contributed by atoms with E-state index in [0.717, 1.165) is 0 Å². The van der Waals surface area contributed by atoms with E-state index in [-0.39, 0.29) is 18.3 Å². The monoisotopic (exact) mass is 333 g/mol. The van der Waals surface area contributed by atoms with E-state index in [2.05, 4.69) is 21.2 Å². The summed E-state index contributed by atoms with van der Waals surface area (Å²) in [6.07, 6.45) is 0.732. The van der Waals surface area contributed by atoms with Crippen LogP contribution in [0.2, 0.25) is 0 Å². The summed E-state index contributed by atoms with van der Waals surface area (Å²) in [5.74, 6) is -0.832. The summed E-state index contributed by atoms with van der Waals surface area (Å²) < 4.78 is 19.1. The molecule has 106 valence electrons. The summed E-state index contributed by atoms with van der Waals surface area (Å²) in [5, 5.41) is 11.9. The summed E-state index contributed by atoms with van der Waals surface area (Å²) in [6, 6.07) is 4.35. The van der Waals surface area contributed by atoms with Crippen molar-refractivity contribution in [2.24, 2.45) is 0 Å². The maximum absolute atomic E-state index is 13.4. The van der Waals surface area contributed by atoms with Crippen molar-refractivity contribution in [3.05, 3.63) is 28.5 Å². The third kappa shape index (κ3) is 6.02.